The zero-order chi connectivity index (χ0) is 14.5. The SMILES string of the molecule is CCN(CC)C(=O)Cn1c(-c2ccccn2)n[nH]c1=S. The van der Waals surface area contributed by atoms with E-state index in [1.807, 2.05) is 32.0 Å². The van der Waals surface area contributed by atoms with Crippen LogP contribution in [0.4, 0.5) is 0 Å². The van der Waals surface area contributed by atoms with E-state index < -0.39 is 0 Å². The molecule has 7 heteroatoms. The summed E-state index contributed by atoms with van der Waals surface area (Å²) in [4.78, 5) is 18.2. The van der Waals surface area contributed by atoms with E-state index in [1.54, 1.807) is 15.7 Å². The summed E-state index contributed by atoms with van der Waals surface area (Å²) in [6.45, 7) is 5.44. The molecule has 1 N–H and O–H groups in total. The molecule has 2 heterocycles. The van der Waals surface area contributed by atoms with E-state index in [2.05, 4.69) is 15.2 Å². The molecule has 0 aliphatic carbocycles. The molecule has 0 aliphatic heterocycles. The number of likely N-dealkylation sites (N-methyl/N-ethyl adjacent to an activating group) is 1. The number of rotatable bonds is 5. The number of amides is 1. The molecule has 0 radical (unpaired) electrons. The number of carbonyl (C=O) groups is 1. The van der Waals surface area contributed by atoms with Crippen molar-refractivity contribution in [2.75, 3.05) is 13.1 Å². The lowest BCUT2D eigenvalue weighted by Crippen LogP contribution is -2.33. The zero-order valence-corrected chi connectivity index (χ0v) is 12.4. The summed E-state index contributed by atoms with van der Waals surface area (Å²) in [5, 5.41) is 6.88. The monoisotopic (exact) mass is 291 g/mol. The van der Waals surface area contributed by atoms with Crippen molar-refractivity contribution in [1.29, 1.82) is 0 Å². The zero-order valence-electron chi connectivity index (χ0n) is 11.5. The summed E-state index contributed by atoms with van der Waals surface area (Å²) >= 11 is 5.20. The summed E-state index contributed by atoms with van der Waals surface area (Å²) < 4.78 is 2.10. The van der Waals surface area contributed by atoms with Crippen LogP contribution in [0.2, 0.25) is 0 Å². The Morgan fingerprint density at radius 1 is 1.40 bits per heavy atom. The van der Waals surface area contributed by atoms with E-state index in [9.17, 15) is 4.79 Å². The Bertz CT molecular complexity index is 630. The second-order valence-corrected chi connectivity index (χ2v) is 4.61. The first-order valence-electron chi connectivity index (χ1n) is 6.51. The third-order valence-corrected chi connectivity index (χ3v) is 3.37. The second kappa shape index (κ2) is 6.42. The van der Waals surface area contributed by atoms with Gasteiger partial charge in [-0.15, -0.1) is 0 Å². The molecule has 0 spiro atoms. The predicted octanol–water partition coefficient (Wildman–Crippen LogP) is 1.87. The van der Waals surface area contributed by atoms with Gasteiger partial charge in [-0.3, -0.25) is 19.4 Å². The van der Waals surface area contributed by atoms with Crippen molar-refractivity contribution >= 4 is 18.1 Å². The molecule has 0 aromatic carbocycles. The Labute approximate surface area is 122 Å². The third kappa shape index (κ3) is 2.93. The molecule has 6 nitrogen and oxygen atoms in total. The topological polar surface area (TPSA) is 66.8 Å². The fourth-order valence-corrected chi connectivity index (χ4v) is 2.16. The molecule has 106 valence electrons. The number of pyridine rings is 1. The normalized spacial score (nSPS) is 10.5. The van der Waals surface area contributed by atoms with Crippen molar-refractivity contribution in [2.45, 2.75) is 20.4 Å². The Hall–Kier alpha value is -2.02. The minimum atomic E-state index is 0.0182. The minimum absolute atomic E-state index is 0.0182. The first-order chi connectivity index (χ1) is 9.67. The fourth-order valence-electron chi connectivity index (χ4n) is 1.97. The number of carbonyl (C=O) groups excluding carboxylic acids is 1. The molecule has 0 aliphatic rings. The van der Waals surface area contributed by atoms with Gasteiger partial charge in [0.15, 0.2) is 10.6 Å². The van der Waals surface area contributed by atoms with E-state index in [1.165, 1.54) is 0 Å². The first kappa shape index (κ1) is 14.4. The highest BCUT2D eigenvalue weighted by Crippen LogP contribution is 2.14. The summed E-state index contributed by atoms with van der Waals surface area (Å²) in [6.07, 6.45) is 1.68. The fraction of sp³-hybridized carbons (Fsp3) is 0.385. The quantitative estimate of drug-likeness (QED) is 0.854. The summed E-state index contributed by atoms with van der Waals surface area (Å²) in [6, 6.07) is 5.54. The van der Waals surface area contributed by atoms with Gasteiger partial charge in [0.2, 0.25) is 5.91 Å². The van der Waals surface area contributed by atoms with Gasteiger partial charge in [-0.25, -0.2) is 0 Å². The molecule has 2 rings (SSSR count). The van der Waals surface area contributed by atoms with Crippen LogP contribution >= 0.6 is 12.2 Å². The lowest BCUT2D eigenvalue weighted by molar-refractivity contribution is -0.131. The van der Waals surface area contributed by atoms with E-state index in [0.29, 0.717) is 29.4 Å². The van der Waals surface area contributed by atoms with Crippen LogP contribution in [0.25, 0.3) is 11.5 Å². The maximum atomic E-state index is 12.2. The van der Waals surface area contributed by atoms with Crippen LogP contribution in [-0.2, 0) is 11.3 Å². The second-order valence-electron chi connectivity index (χ2n) is 4.22. The first-order valence-corrected chi connectivity index (χ1v) is 6.92. The van der Waals surface area contributed by atoms with Crippen LogP contribution in [-0.4, -0.2) is 43.6 Å². The number of aromatic amines is 1. The van der Waals surface area contributed by atoms with Gasteiger partial charge in [0, 0.05) is 19.3 Å². The van der Waals surface area contributed by atoms with Crippen molar-refractivity contribution in [1.82, 2.24) is 24.6 Å². The Morgan fingerprint density at radius 3 is 2.75 bits per heavy atom. The largest absolute Gasteiger partial charge is 0.342 e. The van der Waals surface area contributed by atoms with Crippen LogP contribution in [0.1, 0.15) is 13.8 Å². The molecule has 2 aromatic rings. The van der Waals surface area contributed by atoms with Gasteiger partial charge in [0.05, 0.1) is 0 Å². The molecule has 2 aromatic heterocycles. The Morgan fingerprint density at radius 2 is 2.15 bits per heavy atom. The molecule has 0 fully saturated rings. The average Bonchev–Trinajstić information content (AvgIpc) is 2.82. The number of nitrogens with zero attached hydrogens (tertiary/aromatic N) is 4. The lowest BCUT2D eigenvalue weighted by Gasteiger charge is -2.19. The van der Waals surface area contributed by atoms with Gasteiger partial charge >= 0.3 is 0 Å². The van der Waals surface area contributed by atoms with Crippen LogP contribution in [0.15, 0.2) is 24.4 Å². The molecule has 0 unspecified atom stereocenters. The maximum Gasteiger partial charge on any atom is 0.242 e. The molecule has 20 heavy (non-hydrogen) atoms. The number of H-pyrrole nitrogens is 1. The summed E-state index contributed by atoms with van der Waals surface area (Å²) in [5.74, 6) is 0.598. The number of hydrogen-bond donors (Lipinski definition) is 1. The molecule has 0 atom stereocenters. The van der Waals surface area contributed by atoms with Crippen LogP contribution < -0.4 is 0 Å². The Kier molecular flexibility index (Phi) is 4.62. The van der Waals surface area contributed by atoms with Gasteiger partial charge < -0.3 is 4.90 Å². The molecular formula is C13H17N5OS. The number of nitrogens with one attached hydrogen (secondary N) is 1. The van der Waals surface area contributed by atoms with E-state index >= 15 is 0 Å². The number of hydrogen-bond acceptors (Lipinski definition) is 4. The van der Waals surface area contributed by atoms with Gasteiger partial charge in [0.1, 0.15) is 12.2 Å². The van der Waals surface area contributed by atoms with Gasteiger partial charge in [-0.2, -0.15) is 5.10 Å². The predicted molar refractivity (Wildman–Crippen MR) is 78.6 cm³/mol. The summed E-state index contributed by atoms with van der Waals surface area (Å²) in [7, 11) is 0. The molecule has 0 saturated carbocycles. The highest BCUT2D eigenvalue weighted by Gasteiger charge is 2.15. The highest BCUT2D eigenvalue weighted by molar-refractivity contribution is 7.71. The van der Waals surface area contributed by atoms with Crippen molar-refractivity contribution in [3.05, 3.63) is 29.2 Å². The Balaban J connectivity index is 2.31. The molecule has 0 saturated heterocycles. The third-order valence-electron chi connectivity index (χ3n) is 3.06. The van der Waals surface area contributed by atoms with Crippen molar-refractivity contribution < 1.29 is 4.79 Å². The molecular weight excluding hydrogens is 274 g/mol. The maximum absolute atomic E-state index is 12.2. The van der Waals surface area contributed by atoms with Crippen LogP contribution in [0, 0.1) is 4.77 Å². The number of aromatic nitrogens is 4. The van der Waals surface area contributed by atoms with Crippen LogP contribution in [0.5, 0.6) is 0 Å². The van der Waals surface area contributed by atoms with Crippen molar-refractivity contribution in [3.63, 3.8) is 0 Å². The van der Waals surface area contributed by atoms with Gasteiger partial charge in [-0.1, -0.05) is 6.07 Å². The average molecular weight is 291 g/mol. The van der Waals surface area contributed by atoms with Gasteiger partial charge in [-0.05, 0) is 38.2 Å². The standard InChI is InChI=1S/C13H17N5OS/c1-3-17(4-2)11(19)9-18-12(15-16-13(18)20)10-7-5-6-8-14-10/h5-8H,3-4,9H2,1-2H3,(H,16,20). The minimum Gasteiger partial charge on any atom is -0.342 e. The molecule has 0 bridgehead atoms. The summed E-state index contributed by atoms with van der Waals surface area (Å²) in [5.41, 5.74) is 0.687. The van der Waals surface area contributed by atoms with E-state index in [0.717, 1.165) is 0 Å². The van der Waals surface area contributed by atoms with E-state index in [-0.39, 0.29) is 12.5 Å². The van der Waals surface area contributed by atoms with E-state index in [4.69, 9.17) is 12.2 Å². The lowest BCUT2D eigenvalue weighted by atomic mass is 10.3. The van der Waals surface area contributed by atoms with Gasteiger partial charge in [0.25, 0.3) is 0 Å². The van der Waals surface area contributed by atoms with Crippen LogP contribution in [0.3, 0.4) is 0 Å². The van der Waals surface area contributed by atoms with Crippen molar-refractivity contribution in [2.24, 2.45) is 0 Å². The van der Waals surface area contributed by atoms with Crippen molar-refractivity contribution in [3.8, 4) is 11.5 Å². The molecule has 1 amide bonds. The highest BCUT2D eigenvalue weighted by atomic mass is 32.1. The smallest absolute Gasteiger partial charge is 0.242 e.